The monoisotopic (exact) mass is 830 g/mol. The molecule has 0 fully saturated rings. The van der Waals surface area contributed by atoms with Gasteiger partial charge in [-0.25, -0.2) is 9.79 Å². The van der Waals surface area contributed by atoms with Crippen molar-refractivity contribution in [3.05, 3.63) is 123 Å². The number of unbranched alkanes of at least 4 members (excludes halogenated alkanes) is 6. The zero-order chi connectivity index (χ0) is 42.7. The first kappa shape index (κ1) is 44.3. The van der Waals surface area contributed by atoms with E-state index in [2.05, 4.69) is 10.3 Å². The highest BCUT2D eigenvalue weighted by molar-refractivity contribution is 7.86. The van der Waals surface area contributed by atoms with Crippen molar-refractivity contribution < 1.29 is 47.1 Å². The fraction of sp³-hybridized carbons (Fsp3) is 0.372. The number of nitro benzene ring substituents is 1. The average molecular weight is 831 g/mol. The molecular formula is C43H52N5O10S+. The molecule has 2 aliphatic rings. The first-order valence-corrected chi connectivity index (χ1v) is 21.0. The van der Waals surface area contributed by atoms with Crippen LogP contribution in [0.5, 0.6) is 5.75 Å². The molecule has 4 N–H and O–H groups in total. The second-order valence-electron chi connectivity index (χ2n) is 14.8. The van der Waals surface area contributed by atoms with Crippen LogP contribution in [0.2, 0.25) is 0 Å². The summed E-state index contributed by atoms with van der Waals surface area (Å²) >= 11 is 0. The van der Waals surface area contributed by atoms with Crippen LogP contribution in [0.3, 0.4) is 0 Å². The van der Waals surface area contributed by atoms with Crippen molar-refractivity contribution in [1.82, 2.24) is 10.2 Å². The van der Waals surface area contributed by atoms with Gasteiger partial charge in [-0.05, 0) is 75.0 Å². The average Bonchev–Trinajstić information content (AvgIpc) is 3.21. The van der Waals surface area contributed by atoms with Crippen molar-refractivity contribution in [3.8, 4) is 5.75 Å². The Labute approximate surface area is 344 Å². The Bertz CT molecular complexity index is 2260. The van der Waals surface area contributed by atoms with Gasteiger partial charge in [-0.1, -0.05) is 50.3 Å². The summed E-state index contributed by atoms with van der Waals surface area (Å²) in [5.41, 5.74) is 3.59. The Morgan fingerprint density at radius 3 is 2.25 bits per heavy atom. The van der Waals surface area contributed by atoms with Gasteiger partial charge in [0.1, 0.15) is 11.5 Å². The quantitative estimate of drug-likeness (QED) is 0.0272. The molecule has 1 unspecified atom stereocenters. The van der Waals surface area contributed by atoms with Crippen molar-refractivity contribution in [3.63, 3.8) is 0 Å². The van der Waals surface area contributed by atoms with Gasteiger partial charge in [0.15, 0.2) is 6.54 Å². The number of hydrogen-bond donors (Lipinski definition) is 4. The number of carbonyl (C=O) groups excluding carboxylic acids is 1. The van der Waals surface area contributed by atoms with E-state index in [1.165, 1.54) is 6.07 Å². The summed E-state index contributed by atoms with van der Waals surface area (Å²) in [7, 11) is 3.84. The fourth-order valence-corrected chi connectivity index (χ4v) is 7.67. The minimum absolute atomic E-state index is 0.00755. The maximum absolute atomic E-state index is 13.2. The molecule has 1 aliphatic heterocycles. The number of rotatable bonds is 21. The number of nitrogens with one attached hydrogen (secondary N) is 2. The van der Waals surface area contributed by atoms with E-state index >= 15 is 0 Å². The van der Waals surface area contributed by atoms with Crippen molar-refractivity contribution >= 4 is 44.8 Å². The van der Waals surface area contributed by atoms with E-state index in [9.17, 15) is 38.3 Å². The predicted molar refractivity (Wildman–Crippen MR) is 224 cm³/mol. The van der Waals surface area contributed by atoms with Gasteiger partial charge in [0, 0.05) is 66.3 Å². The van der Waals surface area contributed by atoms with E-state index in [1.54, 1.807) is 12.1 Å². The summed E-state index contributed by atoms with van der Waals surface area (Å²) in [6.07, 6.45) is 12.3. The molecule has 0 aromatic heterocycles. The van der Waals surface area contributed by atoms with Crippen LogP contribution in [-0.4, -0.2) is 100 Å². The SMILES string of the molecule is CN(C)c1ccc2c(c1)OC1=CC(N(C)C)C=CC1=C2c1ccc(C(=O)NCC[NH+]=C(O)CCCCCCCCCOS(=O)(=O)c2ccc([N+](=O)[O-])cc2)cc1C(=O)O. The number of aliphatic hydroxyl groups is 1. The number of aliphatic hydroxyl groups excluding tert-OH is 1. The summed E-state index contributed by atoms with van der Waals surface area (Å²) in [4.78, 5) is 42.8. The van der Waals surface area contributed by atoms with Crippen LogP contribution in [0, 0.1) is 10.1 Å². The summed E-state index contributed by atoms with van der Waals surface area (Å²) in [6, 6.07) is 15.0. The first-order valence-electron chi connectivity index (χ1n) is 19.6. The molecule has 1 aliphatic carbocycles. The molecule has 59 heavy (non-hydrogen) atoms. The van der Waals surface area contributed by atoms with Gasteiger partial charge in [-0.3, -0.25) is 24.0 Å². The van der Waals surface area contributed by atoms with E-state index in [-0.39, 0.29) is 53.3 Å². The minimum Gasteiger partial charge on any atom is -0.478 e. The van der Waals surface area contributed by atoms with Gasteiger partial charge in [-0.15, -0.1) is 0 Å². The lowest BCUT2D eigenvalue weighted by molar-refractivity contribution is -0.465. The second kappa shape index (κ2) is 20.2. The number of anilines is 1. The normalized spacial score (nSPS) is 15.0. The zero-order valence-electron chi connectivity index (χ0n) is 33.8. The molecule has 0 spiro atoms. The topological polar surface area (TPSA) is 203 Å². The first-order chi connectivity index (χ1) is 28.2. The lowest BCUT2D eigenvalue weighted by atomic mass is 9.84. The molecule has 16 heteroatoms. The van der Waals surface area contributed by atoms with E-state index < -0.39 is 26.9 Å². The smallest absolute Gasteiger partial charge is 0.336 e. The molecular weight excluding hydrogens is 779 g/mol. The highest BCUT2D eigenvalue weighted by Gasteiger charge is 2.30. The largest absolute Gasteiger partial charge is 0.478 e. The number of non-ortho nitro benzene ring substituents is 1. The number of benzene rings is 3. The van der Waals surface area contributed by atoms with Crippen LogP contribution in [0.1, 0.15) is 83.2 Å². The molecule has 0 saturated carbocycles. The number of aromatic carboxylic acids is 1. The van der Waals surface area contributed by atoms with Gasteiger partial charge < -0.3 is 25.2 Å². The van der Waals surface area contributed by atoms with Crippen molar-refractivity contribution in [2.75, 3.05) is 52.8 Å². The Hall–Kier alpha value is -5.84. The Morgan fingerprint density at radius 1 is 0.915 bits per heavy atom. The number of ether oxygens (including phenoxy) is 1. The lowest BCUT2D eigenvalue weighted by Gasteiger charge is -2.31. The molecule has 0 saturated heterocycles. The fourth-order valence-electron chi connectivity index (χ4n) is 6.73. The summed E-state index contributed by atoms with van der Waals surface area (Å²) in [5, 5.41) is 34.3. The third-order valence-electron chi connectivity index (χ3n) is 10.0. The predicted octanol–water partition coefficient (Wildman–Crippen LogP) is 5.23. The van der Waals surface area contributed by atoms with Crippen LogP contribution in [0.25, 0.3) is 5.57 Å². The highest BCUT2D eigenvalue weighted by Crippen LogP contribution is 2.45. The minimum atomic E-state index is -3.97. The highest BCUT2D eigenvalue weighted by atomic mass is 32.2. The molecule has 15 nitrogen and oxygen atoms in total. The standard InChI is InChI=1S/C43H51N5O10S/c1-46(2)31-16-21-35-38(27-31)58-39-28-32(47(3)4)17-22-36(39)41(35)34-20-13-29(26-37(34)43(51)52)42(50)45-24-23-44-40(49)12-10-8-6-5-7-9-11-25-57-59(55,56)33-18-14-30(15-19-33)48(53)54/h13-22,26-28,31H,5-12,23-25H2,1-4H3,(H,44,49)(H,45,50)(H,51,52)/p+1. The molecule has 3 aromatic rings. The van der Waals surface area contributed by atoms with E-state index in [0.29, 0.717) is 35.5 Å². The molecule has 3 aromatic carbocycles. The Morgan fingerprint density at radius 2 is 1.59 bits per heavy atom. The number of nitro groups is 1. The lowest BCUT2D eigenvalue weighted by Crippen LogP contribution is -2.75. The summed E-state index contributed by atoms with van der Waals surface area (Å²) in [5.74, 6) is -0.247. The van der Waals surface area contributed by atoms with Crippen molar-refractivity contribution in [1.29, 1.82) is 0 Å². The number of hydrogen-bond acceptors (Lipinski definition) is 10. The summed E-state index contributed by atoms with van der Waals surface area (Å²) in [6.45, 7) is 0.509. The summed E-state index contributed by atoms with van der Waals surface area (Å²) < 4.78 is 36.0. The van der Waals surface area contributed by atoms with Gasteiger partial charge in [-0.2, -0.15) is 8.42 Å². The van der Waals surface area contributed by atoms with Crippen LogP contribution in [-0.2, 0) is 14.3 Å². The maximum Gasteiger partial charge on any atom is 0.336 e. The van der Waals surface area contributed by atoms with E-state index in [1.807, 2.05) is 74.4 Å². The van der Waals surface area contributed by atoms with Crippen LogP contribution in [0.4, 0.5) is 11.4 Å². The Kier molecular flexibility index (Phi) is 15.2. The number of likely N-dealkylation sites (N-methyl/N-ethyl adjacent to an activating group) is 1. The molecule has 314 valence electrons. The van der Waals surface area contributed by atoms with Crippen molar-refractivity contribution in [2.45, 2.75) is 62.3 Å². The molecule has 1 heterocycles. The second-order valence-corrected chi connectivity index (χ2v) is 16.4. The Balaban J connectivity index is 1.07. The van der Waals surface area contributed by atoms with E-state index in [0.717, 1.165) is 79.6 Å². The van der Waals surface area contributed by atoms with Crippen molar-refractivity contribution in [2.24, 2.45) is 0 Å². The molecule has 1 atom stereocenters. The van der Waals surface area contributed by atoms with Crippen LogP contribution < -0.4 is 19.9 Å². The number of fused-ring (bicyclic) bond motifs is 2. The third-order valence-corrected chi connectivity index (χ3v) is 11.4. The molecule has 5 rings (SSSR count). The number of amides is 1. The number of carboxylic acid groups (broad SMARTS) is 1. The number of carboxylic acids is 1. The maximum atomic E-state index is 13.2. The third kappa shape index (κ3) is 11.6. The molecule has 0 bridgehead atoms. The number of nitrogens with zero attached hydrogens (tertiary/aromatic N) is 3. The molecule has 1 amide bonds. The number of allylic oxidation sites excluding steroid dienone is 1. The van der Waals surface area contributed by atoms with Crippen LogP contribution >= 0.6 is 0 Å². The van der Waals surface area contributed by atoms with Crippen LogP contribution in [0.15, 0.2) is 95.1 Å². The van der Waals surface area contributed by atoms with Gasteiger partial charge >= 0.3 is 11.9 Å². The number of carbonyl (C=O) groups is 2. The molecule has 0 radical (unpaired) electrons. The van der Waals surface area contributed by atoms with E-state index in [4.69, 9.17) is 8.92 Å². The van der Waals surface area contributed by atoms with Gasteiger partial charge in [0.2, 0.25) is 0 Å². The van der Waals surface area contributed by atoms with Gasteiger partial charge in [0.05, 0.1) is 35.0 Å². The van der Waals surface area contributed by atoms with Gasteiger partial charge in [0.25, 0.3) is 21.7 Å². The zero-order valence-corrected chi connectivity index (χ0v) is 34.6.